The maximum absolute atomic E-state index is 5.54. The summed E-state index contributed by atoms with van der Waals surface area (Å²) in [6, 6.07) is 10.7. The minimum atomic E-state index is 0.248. The number of fused-ring (bicyclic) bond motifs is 1. The summed E-state index contributed by atoms with van der Waals surface area (Å²) in [6.07, 6.45) is 2.75. The van der Waals surface area contributed by atoms with Crippen LogP contribution in [-0.4, -0.2) is 32.1 Å². The van der Waals surface area contributed by atoms with Gasteiger partial charge in [-0.3, -0.25) is 4.90 Å². The number of furan rings is 1. The SMILES string of the molecule is CN(C)C(CNCc1ccc2c(c1)CCO2)c1ccco1. The van der Waals surface area contributed by atoms with E-state index in [9.17, 15) is 0 Å². The largest absolute Gasteiger partial charge is 0.493 e. The van der Waals surface area contributed by atoms with Gasteiger partial charge in [0.2, 0.25) is 0 Å². The molecule has 3 rings (SSSR count). The van der Waals surface area contributed by atoms with Crippen molar-refractivity contribution in [3.05, 3.63) is 53.5 Å². The molecule has 1 aromatic heterocycles. The van der Waals surface area contributed by atoms with Gasteiger partial charge in [0.15, 0.2) is 0 Å². The average Bonchev–Trinajstić information content (AvgIpc) is 3.13. The number of hydrogen-bond donors (Lipinski definition) is 1. The van der Waals surface area contributed by atoms with E-state index in [-0.39, 0.29) is 6.04 Å². The van der Waals surface area contributed by atoms with Crippen LogP contribution in [0.3, 0.4) is 0 Å². The predicted octanol–water partition coefficient (Wildman–Crippen LogP) is 2.61. The summed E-state index contributed by atoms with van der Waals surface area (Å²) in [5.41, 5.74) is 2.63. The molecule has 0 spiro atoms. The normalized spacial score (nSPS) is 15.0. The van der Waals surface area contributed by atoms with Gasteiger partial charge < -0.3 is 14.5 Å². The van der Waals surface area contributed by atoms with Gasteiger partial charge in [-0.25, -0.2) is 0 Å². The first kappa shape index (κ1) is 14.2. The number of rotatable bonds is 6. The molecule has 0 bridgehead atoms. The van der Waals surface area contributed by atoms with Crippen LogP contribution in [0.25, 0.3) is 0 Å². The Morgan fingerprint density at radius 3 is 2.95 bits per heavy atom. The highest BCUT2D eigenvalue weighted by Crippen LogP contribution is 2.26. The maximum atomic E-state index is 5.54. The highest BCUT2D eigenvalue weighted by atomic mass is 16.5. The van der Waals surface area contributed by atoms with Gasteiger partial charge in [0.05, 0.1) is 18.9 Å². The molecule has 4 nitrogen and oxygen atoms in total. The topological polar surface area (TPSA) is 37.6 Å². The lowest BCUT2D eigenvalue weighted by atomic mass is 10.1. The van der Waals surface area contributed by atoms with E-state index >= 15 is 0 Å². The molecule has 1 aliphatic rings. The monoisotopic (exact) mass is 286 g/mol. The zero-order valence-corrected chi connectivity index (χ0v) is 12.6. The summed E-state index contributed by atoms with van der Waals surface area (Å²) in [5.74, 6) is 2.04. The van der Waals surface area contributed by atoms with Crippen molar-refractivity contribution in [1.82, 2.24) is 10.2 Å². The molecule has 0 fully saturated rings. The molecule has 0 amide bonds. The van der Waals surface area contributed by atoms with Gasteiger partial charge in [-0.2, -0.15) is 0 Å². The van der Waals surface area contributed by atoms with Gasteiger partial charge in [0, 0.05) is 19.5 Å². The van der Waals surface area contributed by atoms with Crippen molar-refractivity contribution >= 4 is 0 Å². The van der Waals surface area contributed by atoms with Gasteiger partial charge in [-0.05, 0) is 43.4 Å². The van der Waals surface area contributed by atoms with E-state index in [2.05, 4.69) is 42.5 Å². The molecule has 112 valence electrons. The van der Waals surface area contributed by atoms with Crippen molar-refractivity contribution < 1.29 is 9.15 Å². The smallest absolute Gasteiger partial charge is 0.122 e. The molecule has 4 heteroatoms. The summed E-state index contributed by atoms with van der Waals surface area (Å²) in [4.78, 5) is 2.17. The fraction of sp³-hybridized carbons (Fsp3) is 0.412. The van der Waals surface area contributed by atoms with Crippen LogP contribution in [0, 0.1) is 0 Å². The molecule has 2 heterocycles. The molecule has 1 atom stereocenters. The summed E-state index contributed by atoms with van der Waals surface area (Å²) in [7, 11) is 4.14. The van der Waals surface area contributed by atoms with Gasteiger partial charge >= 0.3 is 0 Å². The van der Waals surface area contributed by atoms with E-state index in [1.165, 1.54) is 11.1 Å². The third kappa shape index (κ3) is 3.28. The molecule has 1 aromatic carbocycles. The standard InChI is InChI=1S/C17H22N2O2/c1-19(2)15(17-4-3-8-20-17)12-18-11-13-5-6-16-14(10-13)7-9-21-16/h3-6,8,10,15,18H,7,9,11-12H2,1-2H3. The van der Waals surface area contributed by atoms with E-state index < -0.39 is 0 Å². The predicted molar refractivity (Wildman–Crippen MR) is 82.5 cm³/mol. The average molecular weight is 286 g/mol. The van der Waals surface area contributed by atoms with Crippen molar-refractivity contribution in [1.29, 1.82) is 0 Å². The second-order valence-corrected chi connectivity index (χ2v) is 5.67. The first-order valence-electron chi connectivity index (χ1n) is 7.39. The number of likely N-dealkylation sites (N-methyl/N-ethyl adjacent to an activating group) is 1. The molecule has 21 heavy (non-hydrogen) atoms. The quantitative estimate of drug-likeness (QED) is 0.886. The Labute approximate surface area is 125 Å². The summed E-state index contributed by atoms with van der Waals surface area (Å²) in [6.45, 7) is 2.53. The van der Waals surface area contributed by atoms with Gasteiger partial charge in [0.1, 0.15) is 11.5 Å². The lowest BCUT2D eigenvalue weighted by molar-refractivity contribution is 0.250. The second kappa shape index (κ2) is 6.33. The molecule has 1 unspecified atom stereocenters. The molecule has 0 saturated carbocycles. The highest BCUT2D eigenvalue weighted by Gasteiger charge is 2.16. The number of nitrogens with zero attached hydrogens (tertiary/aromatic N) is 1. The molecule has 0 saturated heterocycles. The Morgan fingerprint density at radius 1 is 1.29 bits per heavy atom. The summed E-state index contributed by atoms with van der Waals surface area (Å²) >= 11 is 0. The minimum absolute atomic E-state index is 0.248. The van der Waals surface area contributed by atoms with E-state index in [0.29, 0.717) is 0 Å². The van der Waals surface area contributed by atoms with E-state index in [1.54, 1.807) is 6.26 Å². The van der Waals surface area contributed by atoms with Gasteiger partial charge in [-0.15, -0.1) is 0 Å². The molecule has 1 N–H and O–H groups in total. The van der Waals surface area contributed by atoms with Crippen molar-refractivity contribution in [3.8, 4) is 5.75 Å². The maximum Gasteiger partial charge on any atom is 0.122 e. The van der Waals surface area contributed by atoms with Crippen molar-refractivity contribution in [2.75, 3.05) is 27.2 Å². The van der Waals surface area contributed by atoms with Crippen molar-refractivity contribution in [3.63, 3.8) is 0 Å². The van der Waals surface area contributed by atoms with Crippen LogP contribution >= 0.6 is 0 Å². The number of nitrogens with one attached hydrogen (secondary N) is 1. The molecule has 0 radical (unpaired) electrons. The molecule has 1 aliphatic heterocycles. The first-order valence-corrected chi connectivity index (χ1v) is 7.39. The number of ether oxygens (including phenoxy) is 1. The van der Waals surface area contributed by atoms with E-state index in [0.717, 1.165) is 37.6 Å². The van der Waals surface area contributed by atoms with Crippen LogP contribution in [0.2, 0.25) is 0 Å². The Bertz CT molecular complexity index is 578. The van der Waals surface area contributed by atoms with Crippen LogP contribution in [0.1, 0.15) is 22.9 Å². The fourth-order valence-electron chi connectivity index (χ4n) is 2.72. The Hall–Kier alpha value is -1.78. The van der Waals surface area contributed by atoms with Crippen LogP contribution in [0.4, 0.5) is 0 Å². The molecular weight excluding hydrogens is 264 g/mol. The third-order valence-corrected chi connectivity index (χ3v) is 3.92. The molecular formula is C17H22N2O2. The number of benzene rings is 1. The van der Waals surface area contributed by atoms with Crippen LogP contribution < -0.4 is 10.1 Å². The Morgan fingerprint density at radius 2 is 2.19 bits per heavy atom. The first-order chi connectivity index (χ1) is 10.2. The van der Waals surface area contributed by atoms with E-state index in [1.807, 2.05) is 12.1 Å². The highest BCUT2D eigenvalue weighted by molar-refractivity contribution is 5.39. The lowest BCUT2D eigenvalue weighted by Gasteiger charge is -2.22. The lowest BCUT2D eigenvalue weighted by Crippen LogP contribution is -2.30. The van der Waals surface area contributed by atoms with Crippen molar-refractivity contribution in [2.45, 2.75) is 19.0 Å². The zero-order chi connectivity index (χ0) is 14.7. The van der Waals surface area contributed by atoms with Crippen LogP contribution in [0.15, 0.2) is 41.0 Å². The Balaban J connectivity index is 1.57. The van der Waals surface area contributed by atoms with Crippen molar-refractivity contribution in [2.24, 2.45) is 0 Å². The van der Waals surface area contributed by atoms with Crippen LogP contribution in [-0.2, 0) is 13.0 Å². The van der Waals surface area contributed by atoms with Crippen LogP contribution in [0.5, 0.6) is 5.75 Å². The van der Waals surface area contributed by atoms with Gasteiger partial charge in [0.25, 0.3) is 0 Å². The minimum Gasteiger partial charge on any atom is -0.493 e. The van der Waals surface area contributed by atoms with E-state index in [4.69, 9.17) is 9.15 Å². The fourth-order valence-corrected chi connectivity index (χ4v) is 2.72. The van der Waals surface area contributed by atoms with Gasteiger partial charge in [-0.1, -0.05) is 12.1 Å². The summed E-state index contributed by atoms with van der Waals surface area (Å²) < 4.78 is 11.1. The molecule has 2 aromatic rings. The molecule has 0 aliphatic carbocycles. The zero-order valence-electron chi connectivity index (χ0n) is 12.6. The third-order valence-electron chi connectivity index (χ3n) is 3.92. The number of hydrogen-bond acceptors (Lipinski definition) is 4. The Kier molecular flexibility index (Phi) is 4.27. The summed E-state index contributed by atoms with van der Waals surface area (Å²) in [5, 5.41) is 3.52. The second-order valence-electron chi connectivity index (χ2n) is 5.67.